The third-order valence-electron chi connectivity index (χ3n) is 3.50. The Kier molecular flexibility index (Phi) is 9.28. The van der Waals surface area contributed by atoms with Gasteiger partial charge in [0.2, 0.25) is 0 Å². The molecule has 1 aliphatic heterocycles. The van der Waals surface area contributed by atoms with Crippen molar-refractivity contribution in [3.63, 3.8) is 0 Å². The van der Waals surface area contributed by atoms with Crippen LogP contribution in [0.1, 0.15) is 6.42 Å². The lowest BCUT2D eigenvalue weighted by Gasteiger charge is -2.39. The van der Waals surface area contributed by atoms with Gasteiger partial charge >= 0.3 is 6.03 Å². The van der Waals surface area contributed by atoms with E-state index in [9.17, 15) is 33.4 Å². The summed E-state index contributed by atoms with van der Waals surface area (Å²) < 4.78 is 33.9. The fourth-order valence-corrected chi connectivity index (χ4v) is 2.68. The first-order valence-electron chi connectivity index (χ1n) is 7.73. The number of ether oxygens (including phenoxy) is 2. The summed E-state index contributed by atoms with van der Waals surface area (Å²) in [6, 6.07) is -0.612. The van der Waals surface area contributed by atoms with E-state index in [0.717, 1.165) is 0 Å². The second-order valence-corrected chi connectivity index (χ2v) is 7.19. The number of nitroso groups, excluding NO2 is 1. The van der Waals surface area contributed by atoms with Crippen LogP contribution in [0.15, 0.2) is 4.58 Å². The molecule has 6 N–H and O–H groups in total. The second kappa shape index (κ2) is 10.7. The summed E-state index contributed by atoms with van der Waals surface area (Å²) in [6.45, 7) is -0.691. The van der Waals surface area contributed by atoms with Crippen molar-refractivity contribution < 1.29 is 43.1 Å². The molecule has 5 atom stereocenters. The molecule has 0 aliphatic carbocycles. The number of nitrogens with zero attached hydrogens (tertiary/aromatic N) is 1. The smallest absolute Gasteiger partial charge is 0.314 e. The Morgan fingerprint density at radius 2 is 1.77 bits per heavy atom. The van der Waals surface area contributed by atoms with Gasteiger partial charge in [-0.05, 0) is 6.42 Å². The van der Waals surface area contributed by atoms with Crippen LogP contribution in [0, 0.1) is 4.91 Å². The van der Waals surface area contributed by atoms with E-state index < -0.39 is 59.1 Å². The standard InChI is InChI=1S/C12H23N3O10S/c16-6-7-8(17)9(18)10(19)11(25-7)24-4-3-14-12(20)13-2-1-5-26(22,23)15-21/h7-11,16-19H,1-6H2,(H2,13,14,20)/t7-,8-,9+,10-,11-/m1/s1. The fourth-order valence-electron chi connectivity index (χ4n) is 2.10. The summed E-state index contributed by atoms with van der Waals surface area (Å²) in [5.74, 6) is -0.475. The van der Waals surface area contributed by atoms with E-state index in [1.165, 1.54) is 0 Å². The number of hydrogen-bond acceptors (Lipinski definition) is 10. The molecule has 0 aromatic heterocycles. The number of carbonyl (C=O) groups excluding carboxylic acids is 1. The van der Waals surface area contributed by atoms with Crippen molar-refractivity contribution in [3.8, 4) is 0 Å². The molecule has 26 heavy (non-hydrogen) atoms. The van der Waals surface area contributed by atoms with Crippen LogP contribution in [-0.4, -0.2) is 97.6 Å². The number of carbonyl (C=O) groups is 1. The summed E-state index contributed by atoms with van der Waals surface area (Å²) >= 11 is 0. The zero-order valence-corrected chi connectivity index (χ0v) is 14.5. The number of aliphatic hydroxyl groups is 4. The van der Waals surface area contributed by atoms with Crippen molar-refractivity contribution in [2.24, 2.45) is 4.58 Å². The molecule has 0 saturated carbocycles. The molecule has 0 radical (unpaired) electrons. The molecule has 152 valence electrons. The van der Waals surface area contributed by atoms with Crippen LogP contribution in [0.5, 0.6) is 0 Å². The molecule has 14 heteroatoms. The minimum atomic E-state index is -3.99. The molecule has 13 nitrogen and oxygen atoms in total. The van der Waals surface area contributed by atoms with E-state index in [0.29, 0.717) is 0 Å². The van der Waals surface area contributed by atoms with Crippen LogP contribution >= 0.6 is 0 Å². The van der Waals surface area contributed by atoms with Crippen molar-refractivity contribution in [1.82, 2.24) is 10.6 Å². The SMILES string of the molecule is O=NS(=O)(=O)CCCNC(=O)NCCO[C@@H]1O[C@H](CO)[C@@H](O)[C@H](O)[C@H]1O. The van der Waals surface area contributed by atoms with Crippen LogP contribution in [0.25, 0.3) is 0 Å². The number of rotatable bonds is 10. The summed E-state index contributed by atoms with van der Waals surface area (Å²) in [7, 11) is -3.99. The average molecular weight is 401 g/mol. The summed E-state index contributed by atoms with van der Waals surface area (Å²) in [4.78, 5) is 21.4. The van der Waals surface area contributed by atoms with E-state index in [1.807, 2.05) is 4.58 Å². The molecule has 1 aliphatic rings. The summed E-state index contributed by atoms with van der Waals surface area (Å²) in [5, 5.41) is 42.7. The van der Waals surface area contributed by atoms with Crippen LogP contribution in [-0.2, 0) is 19.5 Å². The first-order valence-corrected chi connectivity index (χ1v) is 9.34. The van der Waals surface area contributed by atoms with Gasteiger partial charge in [-0.1, -0.05) is 0 Å². The van der Waals surface area contributed by atoms with Gasteiger partial charge in [-0.2, -0.15) is 0 Å². The Bertz CT molecular complexity index is 557. The highest BCUT2D eigenvalue weighted by molar-refractivity contribution is 7.89. The van der Waals surface area contributed by atoms with Gasteiger partial charge in [-0.3, -0.25) is 0 Å². The Morgan fingerprint density at radius 3 is 2.38 bits per heavy atom. The topological polar surface area (TPSA) is 204 Å². The number of hydrogen-bond donors (Lipinski definition) is 6. The molecule has 1 heterocycles. The van der Waals surface area contributed by atoms with Gasteiger partial charge in [0.05, 0.1) is 23.5 Å². The largest absolute Gasteiger partial charge is 0.394 e. The summed E-state index contributed by atoms with van der Waals surface area (Å²) in [5.41, 5.74) is 0. The van der Waals surface area contributed by atoms with Crippen LogP contribution in [0.4, 0.5) is 4.79 Å². The van der Waals surface area contributed by atoms with Crippen LogP contribution in [0.2, 0.25) is 0 Å². The first-order chi connectivity index (χ1) is 12.2. The van der Waals surface area contributed by atoms with Gasteiger partial charge in [0, 0.05) is 13.1 Å². The van der Waals surface area contributed by atoms with Gasteiger partial charge < -0.3 is 40.5 Å². The molecule has 0 aromatic rings. The van der Waals surface area contributed by atoms with Gasteiger partial charge in [-0.25, -0.2) is 13.2 Å². The number of urea groups is 1. The van der Waals surface area contributed by atoms with Crippen molar-refractivity contribution in [2.75, 3.05) is 32.1 Å². The number of aliphatic hydroxyl groups excluding tert-OH is 4. The van der Waals surface area contributed by atoms with Gasteiger partial charge in [0.25, 0.3) is 10.0 Å². The number of nitrogens with one attached hydrogen (secondary N) is 2. The quantitative estimate of drug-likeness (QED) is 0.158. The highest BCUT2D eigenvalue weighted by Gasteiger charge is 2.43. The molecular formula is C12H23N3O10S. The molecule has 1 fully saturated rings. The molecule has 0 spiro atoms. The van der Waals surface area contributed by atoms with Gasteiger partial charge in [0.1, 0.15) is 24.4 Å². The Hall–Kier alpha value is -1.42. The molecule has 0 unspecified atom stereocenters. The Labute approximate surface area is 149 Å². The zero-order chi connectivity index (χ0) is 19.7. The first kappa shape index (κ1) is 22.6. The third-order valence-corrected chi connectivity index (χ3v) is 4.53. The highest BCUT2D eigenvalue weighted by Crippen LogP contribution is 2.21. The molecule has 1 rings (SSSR count). The zero-order valence-electron chi connectivity index (χ0n) is 13.7. The molecule has 2 amide bonds. The van der Waals surface area contributed by atoms with E-state index in [-0.39, 0.29) is 26.1 Å². The third kappa shape index (κ3) is 7.06. The van der Waals surface area contributed by atoms with Crippen LogP contribution in [0.3, 0.4) is 0 Å². The number of amides is 2. The maximum absolute atomic E-state index is 11.4. The van der Waals surface area contributed by atoms with Crippen molar-refractivity contribution in [2.45, 2.75) is 37.1 Å². The molecule has 1 saturated heterocycles. The van der Waals surface area contributed by atoms with E-state index >= 15 is 0 Å². The molecule has 0 aromatic carbocycles. The minimum absolute atomic E-state index is 0.00491. The second-order valence-electron chi connectivity index (χ2n) is 5.46. The van der Waals surface area contributed by atoms with Gasteiger partial charge in [0.15, 0.2) is 6.29 Å². The molecular weight excluding hydrogens is 378 g/mol. The fraction of sp³-hybridized carbons (Fsp3) is 0.917. The highest BCUT2D eigenvalue weighted by atomic mass is 32.2. The maximum Gasteiger partial charge on any atom is 0.314 e. The van der Waals surface area contributed by atoms with Gasteiger partial charge in [-0.15, -0.1) is 4.91 Å². The van der Waals surface area contributed by atoms with Crippen molar-refractivity contribution in [1.29, 1.82) is 0 Å². The monoisotopic (exact) mass is 401 g/mol. The van der Waals surface area contributed by atoms with E-state index in [1.54, 1.807) is 0 Å². The lowest BCUT2D eigenvalue weighted by atomic mass is 9.99. The lowest BCUT2D eigenvalue weighted by molar-refractivity contribution is -0.300. The summed E-state index contributed by atoms with van der Waals surface area (Å²) in [6.07, 6.45) is -6.95. The number of sulfonamides is 1. The predicted molar refractivity (Wildman–Crippen MR) is 85.3 cm³/mol. The Balaban J connectivity index is 2.21. The van der Waals surface area contributed by atoms with Crippen molar-refractivity contribution in [3.05, 3.63) is 4.91 Å². The van der Waals surface area contributed by atoms with E-state index in [2.05, 4.69) is 10.6 Å². The normalized spacial score (nSPS) is 29.2. The Morgan fingerprint density at radius 1 is 1.12 bits per heavy atom. The average Bonchev–Trinajstić information content (AvgIpc) is 2.62. The minimum Gasteiger partial charge on any atom is -0.394 e. The maximum atomic E-state index is 11.4. The molecule has 0 bridgehead atoms. The van der Waals surface area contributed by atoms with Crippen LogP contribution < -0.4 is 10.6 Å². The lowest BCUT2D eigenvalue weighted by Crippen LogP contribution is -2.59. The van der Waals surface area contributed by atoms with E-state index in [4.69, 9.17) is 14.6 Å². The predicted octanol–water partition coefficient (Wildman–Crippen LogP) is -3.41. The van der Waals surface area contributed by atoms with Crippen molar-refractivity contribution >= 4 is 16.1 Å².